The van der Waals surface area contributed by atoms with E-state index < -0.39 is 10.0 Å². The maximum atomic E-state index is 12.2. The Kier molecular flexibility index (Phi) is 4.92. The highest BCUT2D eigenvalue weighted by atomic mass is 32.2. The summed E-state index contributed by atoms with van der Waals surface area (Å²) >= 11 is 0. The molecule has 138 valence electrons. The summed E-state index contributed by atoms with van der Waals surface area (Å²) in [4.78, 5) is 13.9. The lowest BCUT2D eigenvalue weighted by Crippen LogP contribution is -2.48. The third-order valence-electron chi connectivity index (χ3n) is 4.68. The Morgan fingerprint density at radius 3 is 2.80 bits per heavy atom. The predicted octanol–water partition coefficient (Wildman–Crippen LogP) is 1.14. The van der Waals surface area contributed by atoms with E-state index in [0.717, 1.165) is 36.2 Å². The van der Waals surface area contributed by atoms with E-state index in [1.165, 1.54) is 0 Å². The van der Waals surface area contributed by atoms with Gasteiger partial charge in [0.05, 0.1) is 6.26 Å². The minimum atomic E-state index is -3.24. The first-order valence-electron chi connectivity index (χ1n) is 8.35. The summed E-state index contributed by atoms with van der Waals surface area (Å²) in [7, 11) is -3.24. The molecule has 1 aromatic rings. The average molecular weight is 368 g/mol. The number of nitrogens with zero attached hydrogens (tertiary/aromatic N) is 1. The summed E-state index contributed by atoms with van der Waals surface area (Å²) in [5, 5.41) is 0. The van der Waals surface area contributed by atoms with Crippen LogP contribution in [0.3, 0.4) is 0 Å². The van der Waals surface area contributed by atoms with Crippen molar-refractivity contribution in [3.63, 3.8) is 0 Å². The maximum Gasteiger partial charge on any atom is 0.231 e. The second-order valence-corrected chi connectivity index (χ2v) is 8.99. The van der Waals surface area contributed by atoms with Crippen molar-refractivity contribution < 1.29 is 22.7 Å². The molecule has 1 unspecified atom stereocenters. The number of fused-ring (bicyclic) bond motifs is 1. The first-order valence-corrected chi connectivity index (χ1v) is 10.2. The van der Waals surface area contributed by atoms with Crippen molar-refractivity contribution in [2.75, 3.05) is 32.7 Å². The fourth-order valence-corrected chi connectivity index (χ4v) is 3.91. The molecule has 8 heteroatoms. The van der Waals surface area contributed by atoms with Gasteiger partial charge in [0.15, 0.2) is 11.5 Å². The van der Waals surface area contributed by atoms with Crippen LogP contribution in [0.15, 0.2) is 18.2 Å². The first-order chi connectivity index (χ1) is 11.7. The van der Waals surface area contributed by atoms with Gasteiger partial charge < -0.3 is 14.4 Å². The molecule has 2 aliphatic heterocycles. The van der Waals surface area contributed by atoms with Crippen LogP contribution in [-0.2, 0) is 21.2 Å². The van der Waals surface area contributed by atoms with Crippen LogP contribution < -0.4 is 14.2 Å². The fourth-order valence-electron chi connectivity index (χ4n) is 3.45. The highest BCUT2D eigenvalue weighted by molar-refractivity contribution is 7.88. The number of likely N-dealkylation sites (tertiary alicyclic amines) is 1. The number of sulfonamides is 1. The van der Waals surface area contributed by atoms with Crippen LogP contribution in [0.4, 0.5) is 0 Å². The molecular formula is C17H24N2O5S. The monoisotopic (exact) mass is 368 g/mol. The van der Waals surface area contributed by atoms with Crippen molar-refractivity contribution in [1.82, 2.24) is 9.62 Å². The van der Waals surface area contributed by atoms with E-state index in [0.29, 0.717) is 19.5 Å². The number of piperidine rings is 1. The second-order valence-electron chi connectivity index (χ2n) is 7.16. The van der Waals surface area contributed by atoms with Gasteiger partial charge in [0, 0.05) is 26.1 Å². The Morgan fingerprint density at radius 2 is 2.04 bits per heavy atom. The molecule has 1 saturated heterocycles. The molecule has 0 aromatic heterocycles. The molecule has 7 nitrogen and oxygen atoms in total. The van der Waals surface area contributed by atoms with Crippen molar-refractivity contribution >= 4 is 15.9 Å². The van der Waals surface area contributed by atoms with E-state index in [1.807, 2.05) is 18.2 Å². The molecular weight excluding hydrogens is 344 g/mol. The van der Waals surface area contributed by atoms with Crippen LogP contribution in [-0.4, -0.2) is 51.9 Å². The van der Waals surface area contributed by atoms with Crippen LogP contribution in [0.1, 0.15) is 25.3 Å². The lowest BCUT2D eigenvalue weighted by Gasteiger charge is -2.40. The van der Waals surface area contributed by atoms with Gasteiger partial charge in [0.25, 0.3) is 0 Å². The largest absolute Gasteiger partial charge is 0.454 e. The Balaban J connectivity index is 1.63. The van der Waals surface area contributed by atoms with Crippen molar-refractivity contribution in [1.29, 1.82) is 0 Å². The molecule has 2 heterocycles. The van der Waals surface area contributed by atoms with Crippen LogP contribution in [0.2, 0.25) is 0 Å². The molecule has 1 atom stereocenters. The highest BCUT2D eigenvalue weighted by Crippen LogP contribution is 2.37. The van der Waals surface area contributed by atoms with E-state index in [4.69, 9.17) is 9.47 Å². The van der Waals surface area contributed by atoms with Crippen molar-refractivity contribution in [2.45, 2.75) is 26.2 Å². The van der Waals surface area contributed by atoms with Gasteiger partial charge in [-0.25, -0.2) is 13.1 Å². The number of nitrogens with one attached hydrogen (secondary N) is 1. The van der Waals surface area contributed by atoms with E-state index in [1.54, 1.807) is 4.90 Å². The standard InChI is InChI=1S/C17H24N2O5S/c1-17(10-13-3-4-14-15(9-13)24-12-23-14)6-5-16(20)19(11-17)8-7-18-25(2,21)22/h3-4,9,18H,5-8,10-12H2,1-2H3. The molecule has 1 aromatic carbocycles. The molecule has 0 saturated carbocycles. The number of hydrogen-bond acceptors (Lipinski definition) is 5. The number of carbonyl (C=O) groups is 1. The molecule has 1 fully saturated rings. The molecule has 0 spiro atoms. The lowest BCUT2D eigenvalue weighted by atomic mass is 9.76. The first kappa shape index (κ1) is 18.0. The molecule has 25 heavy (non-hydrogen) atoms. The summed E-state index contributed by atoms with van der Waals surface area (Å²) in [5.41, 5.74) is 1.10. The second kappa shape index (κ2) is 6.84. The highest BCUT2D eigenvalue weighted by Gasteiger charge is 2.35. The number of amides is 1. The average Bonchev–Trinajstić information content (AvgIpc) is 2.97. The van der Waals surface area contributed by atoms with Crippen LogP contribution in [0.5, 0.6) is 11.5 Å². The Hall–Kier alpha value is -1.80. The van der Waals surface area contributed by atoms with Gasteiger partial charge in [-0.05, 0) is 36.0 Å². The van der Waals surface area contributed by atoms with E-state index in [9.17, 15) is 13.2 Å². The zero-order chi connectivity index (χ0) is 18.1. The fraction of sp³-hybridized carbons (Fsp3) is 0.588. The van der Waals surface area contributed by atoms with Gasteiger partial charge in [-0.2, -0.15) is 0 Å². The zero-order valence-corrected chi connectivity index (χ0v) is 15.4. The third kappa shape index (κ3) is 4.64. The molecule has 0 radical (unpaired) electrons. The maximum absolute atomic E-state index is 12.2. The number of ether oxygens (including phenoxy) is 2. The summed E-state index contributed by atoms with van der Waals surface area (Å²) in [6.45, 7) is 3.67. The van der Waals surface area contributed by atoms with Crippen molar-refractivity contribution in [3.8, 4) is 11.5 Å². The Morgan fingerprint density at radius 1 is 1.28 bits per heavy atom. The normalized spacial score (nSPS) is 23.1. The van der Waals surface area contributed by atoms with Crippen LogP contribution in [0, 0.1) is 5.41 Å². The molecule has 0 bridgehead atoms. The number of hydrogen-bond donors (Lipinski definition) is 1. The number of carbonyl (C=O) groups excluding carboxylic acids is 1. The summed E-state index contributed by atoms with van der Waals surface area (Å²) in [6, 6.07) is 5.95. The number of benzene rings is 1. The third-order valence-corrected chi connectivity index (χ3v) is 5.41. The topological polar surface area (TPSA) is 84.9 Å². The summed E-state index contributed by atoms with van der Waals surface area (Å²) in [5.74, 6) is 1.61. The smallest absolute Gasteiger partial charge is 0.231 e. The molecule has 2 aliphatic rings. The summed E-state index contributed by atoms with van der Waals surface area (Å²) < 4.78 is 35.6. The quantitative estimate of drug-likeness (QED) is 0.814. The van der Waals surface area contributed by atoms with Gasteiger partial charge in [0.2, 0.25) is 22.7 Å². The number of rotatable bonds is 6. The predicted molar refractivity (Wildman–Crippen MR) is 93.0 cm³/mol. The van der Waals surface area contributed by atoms with Crippen LogP contribution >= 0.6 is 0 Å². The van der Waals surface area contributed by atoms with Gasteiger partial charge >= 0.3 is 0 Å². The zero-order valence-electron chi connectivity index (χ0n) is 14.6. The molecule has 1 amide bonds. The molecule has 3 rings (SSSR count). The van der Waals surface area contributed by atoms with Crippen molar-refractivity contribution in [2.24, 2.45) is 5.41 Å². The van der Waals surface area contributed by atoms with Gasteiger partial charge in [-0.1, -0.05) is 13.0 Å². The summed E-state index contributed by atoms with van der Waals surface area (Å²) in [6.07, 6.45) is 3.25. The van der Waals surface area contributed by atoms with Gasteiger partial charge in [-0.15, -0.1) is 0 Å². The Bertz CT molecular complexity index is 764. The lowest BCUT2D eigenvalue weighted by molar-refractivity contribution is -0.137. The molecule has 1 N–H and O–H groups in total. The molecule has 0 aliphatic carbocycles. The SMILES string of the molecule is CC1(Cc2ccc3c(c2)OCO3)CCC(=O)N(CCNS(C)(=O)=O)C1. The minimum Gasteiger partial charge on any atom is -0.454 e. The van der Waals surface area contributed by atoms with Gasteiger partial charge in [-0.3, -0.25) is 4.79 Å². The minimum absolute atomic E-state index is 0.0489. The van der Waals surface area contributed by atoms with E-state index in [2.05, 4.69) is 11.6 Å². The van der Waals surface area contributed by atoms with E-state index >= 15 is 0 Å². The van der Waals surface area contributed by atoms with Crippen molar-refractivity contribution in [3.05, 3.63) is 23.8 Å². The van der Waals surface area contributed by atoms with Gasteiger partial charge in [0.1, 0.15) is 0 Å². The Labute approximate surface area is 148 Å². The van der Waals surface area contributed by atoms with Crippen LogP contribution in [0.25, 0.3) is 0 Å². The van der Waals surface area contributed by atoms with E-state index in [-0.39, 0.29) is 24.7 Å².